The monoisotopic (exact) mass is 324 g/mol. The zero-order valence-electron chi connectivity index (χ0n) is 14.5. The summed E-state index contributed by atoms with van der Waals surface area (Å²) in [6, 6.07) is 15.7. The molecule has 4 heteroatoms. The Kier molecular flexibility index (Phi) is 6.13. The van der Waals surface area contributed by atoms with Crippen molar-refractivity contribution in [3.8, 4) is 0 Å². The Hall–Kier alpha value is -2.62. The van der Waals surface area contributed by atoms with Gasteiger partial charge in [0, 0.05) is 32.6 Å². The fourth-order valence-electron chi connectivity index (χ4n) is 2.44. The number of amides is 2. The molecule has 126 valence electrons. The van der Waals surface area contributed by atoms with Gasteiger partial charge in [0.15, 0.2) is 0 Å². The Bertz CT molecular complexity index is 691. The lowest BCUT2D eigenvalue weighted by Gasteiger charge is -2.18. The summed E-state index contributed by atoms with van der Waals surface area (Å²) in [6.07, 6.45) is 1.01. The summed E-state index contributed by atoms with van der Waals surface area (Å²) in [6.45, 7) is 4.67. The average Bonchev–Trinajstić information content (AvgIpc) is 2.60. The second kappa shape index (κ2) is 8.29. The van der Waals surface area contributed by atoms with Gasteiger partial charge in [0.1, 0.15) is 0 Å². The summed E-state index contributed by atoms with van der Waals surface area (Å²) in [5, 5.41) is 2.74. The van der Waals surface area contributed by atoms with E-state index in [1.165, 1.54) is 12.5 Å². The number of aryl methyl sites for hydroxylation is 1. The van der Waals surface area contributed by atoms with E-state index in [1.54, 1.807) is 24.1 Å². The smallest absolute Gasteiger partial charge is 0.253 e. The van der Waals surface area contributed by atoms with E-state index in [-0.39, 0.29) is 11.8 Å². The maximum absolute atomic E-state index is 12.5. The molecule has 0 radical (unpaired) electrons. The van der Waals surface area contributed by atoms with E-state index in [0.717, 1.165) is 17.5 Å². The third kappa shape index (κ3) is 4.95. The van der Waals surface area contributed by atoms with Gasteiger partial charge in [0.05, 0.1) is 0 Å². The Morgan fingerprint density at radius 1 is 0.917 bits per heavy atom. The molecule has 24 heavy (non-hydrogen) atoms. The predicted octanol–water partition coefficient (Wildman–Crippen LogP) is 3.16. The molecule has 0 bridgehead atoms. The Balaban J connectivity index is 1.97. The first-order valence-electron chi connectivity index (χ1n) is 8.16. The summed E-state index contributed by atoms with van der Waals surface area (Å²) in [5.41, 5.74) is 4.03. The molecule has 0 heterocycles. The van der Waals surface area contributed by atoms with Crippen molar-refractivity contribution >= 4 is 11.8 Å². The van der Waals surface area contributed by atoms with Gasteiger partial charge < -0.3 is 10.2 Å². The first-order chi connectivity index (χ1) is 11.5. The van der Waals surface area contributed by atoms with Crippen LogP contribution in [0.5, 0.6) is 0 Å². The summed E-state index contributed by atoms with van der Waals surface area (Å²) < 4.78 is 0. The lowest BCUT2D eigenvalue weighted by atomic mass is 10.1. The molecule has 0 aromatic heterocycles. The van der Waals surface area contributed by atoms with Crippen LogP contribution < -0.4 is 5.32 Å². The number of carbonyl (C=O) groups excluding carboxylic acids is 2. The van der Waals surface area contributed by atoms with Crippen molar-refractivity contribution in [1.82, 2.24) is 10.2 Å². The van der Waals surface area contributed by atoms with Gasteiger partial charge in [-0.1, -0.05) is 43.3 Å². The molecule has 2 aromatic carbocycles. The van der Waals surface area contributed by atoms with Crippen molar-refractivity contribution in [2.75, 3.05) is 7.05 Å². The van der Waals surface area contributed by atoms with Crippen LogP contribution in [-0.4, -0.2) is 23.8 Å². The van der Waals surface area contributed by atoms with E-state index in [2.05, 4.69) is 36.5 Å². The van der Waals surface area contributed by atoms with Crippen LogP contribution in [0.4, 0.5) is 0 Å². The van der Waals surface area contributed by atoms with Gasteiger partial charge in [0.25, 0.3) is 5.91 Å². The molecular weight excluding hydrogens is 300 g/mol. The van der Waals surface area contributed by atoms with E-state index >= 15 is 0 Å². The van der Waals surface area contributed by atoms with Crippen LogP contribution in [0.1, 0.15) is 40.9 Å². The summed E-state index contributed by atoms with van der Waals surface area (Å²) in [4.78, 5) is 25.1. The predicted molar refractivity (Wildman–Crippen MR) is 95.6 cm³/mol. The van der Waals surface area contributed by atoms with Gasteiger partial charge in [-0.3, -0.25) is 9.59 Å². The van der Waals surface area contributed by atoms with E-state index < -0.39 is 0 Å². The molecule has 4 nitrogen and oxygen atoms in total. The van der Waals surface area contributed by atoms with Crippen LogP contribution in [0.25, 0.3) is 0 Å². The van der Waals surface area contributed by atoms with Crippen molar-refractivity contribution < 1.29 is 9.59 Å². The highest BCUT2D eigenvalue weighted by molar-refractivity contribution is 5.94. The average molecular weight is 324 g/mol. The molecule has 2 rings (SSSR count). The molecule has 0 unspecified atom stereocenters. The molecule has 0 atom stereocenters. The Labute approximate surface area is 143 Å². The molecular formula is C20H24N2O2. The molecule has 0 aliphatic carbocycles. The third-order valence-corrected chi connectivity index (χ3v) is 3.94. The molecule has 0 aliphatic heterocycles. The van der Waals surface area contributed by atoms with Crippen LogP contribution in [0.2, 0.25) is 0 Å². The highest BCUT2D eigenvalue weighted by atomic mass is 16.2. The minimum atomic E-state index is -0.0658. The lowest BCUT2D eigenvalue weighted by Crippen LogP contribution is -2.26. The maximum atomic E-state index is 12.5. The number of rotatable bonds is 6. The zero-order chi connectivity index (χ0) is 17.5. The summed E-state index contributed by atoms with van der Waals surface area (Å²) >= 11 is 0. The maximum Gasteiger partial charge on any atom is 0.253 e. The molecule has 0 fully saturated rings. The molecule has 0 spiro atoms. The highest BCUT2D eigenvalue weighted by Crippen LogP contribution is 2.11. The Morgan fingerprint density at radius 3 is 2.00 bits per heavy atom. The van der Waals surface area contributed by atoms with E-state index in [0.29, 0.717) is 18.7 Å². The van der Waals surface area contributed by atoms with Gasteiger partial charge in [-0.25, -0.2) is 0 Å². The third-order valence-electron chi connectivity index (χ3n) is 3.94. The molecule has 1 N–H and O–H groups in total. The van der Waals surface area contributed by atoms with Crippen molar-refractivity contribution in [2.24, 2.45) is 0 Å². The van der Waals surface area contributed by atoms with Gasteiger partial charge in [-0.15, -0.1) is 0 Å². The lowest BCUT2D eigenvalue weighted by molar-refractivity contribution is -0.119. The minimum Gasteiger partial charge on any atom is -0.352 e. The van der Waals surface area contributed by atoms with Crippen molar-refractivity contribution in [3.63, 3.8) is 0 Å². The standard InChI is InChI=1S/C20H24N2O2/c1-4-16-5-7-18(8-6-16)14-22(3)20(24)19-11-9-17(10-12-19)13-21-15(2)23/h5-12H,4,13-14H2,1-3H3,(H,21,23). The van der Waals surface area contributed by atoms with Crippen LogP contribution in [0.3, 0.4) is 0 Å². The highest BCUT2D eigenvalue weighted by Gasteiger charge is 2.12. The Morgan fingerprint density at radius 2 is 1.46 bits per heavy atom. The number of hydrogen-bond acceptors (Lipinski definition) is 2. The number of carbonyl (C=O) groups is 2. The topological polar surface area (TPSA) is 49.4 Å². The molecule has 0 aliphatic rings. The quantitative estimate of drug-likeness (QED) is 0.887. The number of nitrogens with zero attached hydrogens (tertiary/aromatic N) is 1. The van der Waals surface area contributed by atoms with Gasteiger partial charge in [-0.05, 0) is 35.2 Å². The van der Waals surface area contributed by atoms with Crippen molar-refractivity contribution in [1.29, 1.82) is 0 Å². The fourth-order valence-corrected chi connectivity index (χ4v) is 2.44. The van der Waals surface area contributed by atoms with Crippen molar-refractivity contribution in [2.45, 2.75) is 33.4 Å². The SMILES string of the molecule is CCc1ccc(CN(C)C(=O)c2ccc(CNC(C)=O)cc2)cc1. The molecule has 2 amide bonds. The zero-order valence-corrected chi connectivity index (χ0v) is 14.5. The van der Waals surface area contributed by atoms with Gasteiger partial charge in [0.2, 0.25) is 5.91 Å². The minimum absolute atomic E-state index is 0.0133. The van der Waals surface area contributed by atoms with Crippen molar-refractivity contribution in [3.05, 3.63) is 70.8 Å². The summed E-state index contributed by atoms with van der Waals surface area (Å²) in [7, 11) is 1.81. The number of benzene rings is 2. The molecule has 2 aromatic rings. The van der Waals surface area contributed by atoms with Gasteiger partial charge in [-0.2, -0.15) is 0 Å². The van der Waals surface area contributed by atoms with Crippen LogP contribution >= 0.6 is 0 Å². The van der Waals surface area contributed by atoms with E-state index in [9.17, 15) is 9.59 Å². The van der Waals surface area contributed by atoms with Crippen LogP contribution in [-0.2, 0) is 24.3 Å². The van der Waals surface area contributed by atoms with Gasteiger partial charge >= 0.3 is 0 Å². The van der Waals surface area contributed by atoms with Crippen LogP contribution in [0.15, 0.2) is 48.5 Å². The fraction of sp³-hybridized carbons (Fsp3) is 0.300. The number of nitrogens with one attached hydrogen (secondary N) is 1. The second-order valence-corrected chi connectivity index (χ2v) is 5.94. The van der Waals surface area contributed by atoms with E-state index in [1.807, 2.05) is 12.1 Å². The van der Waals surface area contributed by atoms with Crippen LogP contribution in [0, 0.1) is 0 Å². The van der Waals surface area contributed by atoms with E-state index in [4.69, 9.17) is 0 Å². The second-order valence-electron chi connectivity index (χ2n) is 5.94. The first kappa shape index (κ1) is 17.7. The molecule has 0 saturated heterocycles. The first-order valence-corrected chi connectivity index (χ1v) is 8.16. The molecule has 0 saturated carbocycles. The summed E-state index contributed by atoms with van der Waals surface area (Å²) in [5.74, 6) is -0.0791. The largest absolute Gasteiger partial charge is 0.352 e. The number of hydrogen-bond donors (Lipinski definition) is 1. The normalized spacial score (nSPS) is 10.3.